The molecular weight excluding hydrogens is 318 g/mol. The number of nitrogens with one attached hydrogen (secondary N) is 2. The maximum absolute atomic E-state index is 12.7. The molecule has 0 aliphatic carbocycles. The van der Waals surface area contributed by atoms with Crippen LogP contribution in [0.2, 0.25) is 0 Å². The summed E-state index contributed by atoms with van der Waals surface area (Å²) in [6, 6.07) is 13.9. The van der Waals surface area contributed by atoms with E-state index in [2.05, 4.69) is 10.6 Å². The molecule has 130 valence electrons. The van der Waals surface area contributed by atoms with E-state index in [4.69, 9.17) is 4.74 Å². The van der Waals surface area contributed by atoms with Gasteiger partial charge in [-0.15, -0.1) is 0 Å². The summed E-state index contributed by atoms with van der Waals surface area (Å²) < 4.78 is 5.20. The van der Waals surface area contributed by atoms with Gasteiger partial charge in [0.2, 0.25) is 5.91 Å². The van der Waals surface area contributed by atoms with Crippen molar-refractivity contribution in [2.45, 2.75) is 19.4 Å². The Kier molecular flexibility index (Phi) is 4.88. The zero-order valence-electron chi connectivity index (χ0n) is 14.3. The van der Waals surface area contributed by atoms with Gasteiger partial charge in [-0.05, 0) is 37.1 Å². The number of para-hydroxylation sites is 3. The minimum atomic E-state index is -0.638. The van der Waals surface area contributed by atoms with Gasteiger partial charge in [0, 0.05) is 12.2 Å². The van der Waals surface area contributed by atoms with E-state index in [1.165, 1.54) is 7.11 Å². The van der Waals surface area contributed by atoms with Crippen LogP contribution in [0.15, 0.2) is 48.5 Å². The second kappa shape index (κ2) is 7.25. The molecule has 0 fully saturated rings. The lowest BCUT2D eigenvalue weighted by molar-refractivity contribution is -0.119. The summed E-state index contributed by atoms with van der Waals surface area (Å²) in [5.74, 6) is 0.435. The van der Waals surface area contributed by atoms with Crippen LogP contribution >= 0.6 is 0 Å². The molecule has 2 aromatic carbocycles. The number of hydrogen-bond donors (Lipinski definition) is 2. The van der Waals surface area contributed by atoms with E-state index in [0.717, 1.165) is 17.7 Å². The first-order chi connectivity index (χ1) is 12.1. The van der Waals surface area contributed by atoms with Gasteiger partial charge in [0.15, 0.2) is 0 Å². The summed E-state index contributed by atoms with van der Waals surface area (Å²) in [6.07, 6.45) is 0.835. The lowest BCUT2D eigenvalue weighted by atomic mass is 10.2. The number of methoxy groups -OCH3 is 1. The normalized spacial score (nSPS) is 13.8. The molecule has 3 amide bonds. The van der Waals surface area contributed by atoms with Crippen molar-refractivity contribution in [1.29, 1.82) is 0 Å². The van der Waals surface area contributed by atoms with Crippen LogP contribution in [0.3, 0.4) is 0 Å². The van der Waals surface area contributed by atoms with Gasteiger partial charge in [-0.2, -0.15) is 0 Å². The van der Waals surface area contributed by atoms with Crippen LogP contribution in [-0.2, 0) is 11.2 Å². The molecule has 1 aliphatic heterocycles. The lowest BCUT2D eigenvalue weighted by Crippen LogP contribution is -2.47. The Bertz CT molecular complexity index is 791. The Morgan fingerprint density at radius 2 is 1.84 bits per heavy atom. The van der Waals surface area contributed by atoms with E-state index in [9.17, 15) is 9.59 Å². The highest BCUT2D eigenvalue weighted by molar-refractivity contribution is 6.02. The van der Waals surface area contributed by atoms with Gasteiger partial charge in [0.1, 0.15) is 11.8 Å². The number of carbonyl (C=O) groups excluding carboxylic acids is 2. The van der Waals surface area contributed by atoms with Crippen molar-refractivity contribution in [2.24, 2.45) is 0 Å². The van der Waals surface area contributed by atoms with Gasteiger partial charge in [0.05, 0.1) is 12.8 Å². The molecule has 1 heterocycles. The number of amides is 3. The van der Waals surface area contributed by atoms with Gasteiger partial charge < -0.3 is 20.3 Å². The predicted octanol–water partition coefficient (Wildman–Crippen LogP) is 2.79. The quantitative estimate of drug-likeness (QED) is 0.900. The van der Waals surface area contributed by atoms with E-state index in [-0.39, 0.29) is 5.91 Å². The third-order valence-electron chi connectivity index (χ3n) is 4.23. The molecule has 0 spiro atoms. The molecule has 6 heteroatoms. The predicted molar refractivity (Wildman–Crippen MR) is 97.1 cm³/mol. The molecule has 6 nitrogen and oxygen atoms in total. The second-order valence-corrected chi connectivity index (χ2v) is 5.89. The van der Waals surface area contributed by atoms with E-state index >= 15 is 0 Å². The first-order valence-corrected chi connectivity index (χ1v) is 8.20. The number of carbonyl (C=O) groups is 2. The van der Waals surface area contributed by atoms with Crippen molar-refractivity contribution in [3.05, 3.63) is 54.1 Å². The van der Waals surface area contributed by atoms with Gasteiger partial charge in [0.25, 0.3) is 0 Å². The fourth-order valence-electron chi connectivity index (χ4n) is 2.97. The highest BCUT2D eigenvalue weighted by atomic mass is 16.5. The van der Waals surface area contributed by atoms with Crippen molar-refractivity contribution in [3.63, 3.8) is 0 Å². The number of nitrogens with zero attached hydrogens (tertiary/aromatic N) is 1. The molecule has 1 atom stereocenters. The Morgan fingerprint density at radius 1 is 1.12 bits per heavy atom. The molecule has 0 unspecified atom stereocenters. The van der Waals surface area contributed by atoms with Crippen LogP contribution in [0.4, 0.5) is 16.2 Å². The van der Waals surface area contributed by atoms with Crippen molar-refractivity contribution in [2.75, 3.05) is 23.9 Å². The SMILES string of the molecule is COc1ccccc1NC(=O)N[C@H](C)C(=O)N1CCc2ccccc21. The van der Waals surface area contributed by atoms with Crippen molar-refractivity contribution >= 4 is 23.3 Å². The standard InChI is InChI=1S/C19H21N3O3/c1-13(18(23)22-12-11-14-7-3-5-9-16(14)22)20-19(24)21-15-8-4-6-10-17(15)25-2/h3-10,13H,11-12H2,1-2H3,(H2,20,21,24)/t13-/m1/s1. The lowest BCUT2D eigenvalue weighted by Gasteiger charge is -2.22. The Hall–Kier alpha value is -3.02. The summed E-state index contributed by atoms with van der Waals surface area (Å²) in [4.78, 5) is 26.6. The van der Waals surface area contributed by atoms with Crippen LogP contribution in [0, 0.1) is 0 Å². The molecule has 25 heavy (non-hydrogen) atoms. The number of anilines is 2. The summed E-state index contributed by atoms with van der Waals surface area (Å²) in [5.41, 5.74) is 2.63. The highest BCUT2D eigenvalue weighted by Crippen LogP contribution is 2.28. The third kappa shape index (κ3) is 3.57. The minimum Gasteiger partial charge on any atom is -0.495 e. The van der Waals surface area contributed by atoms with Crippen LogP contribution in [-0.4, -0.2) is 31.6 Å². The van der Waals surface area contributed by atoms with Crippen LogP contribution < -0.4 is 20.3 Å². The number of hydrogen-bond acceptors (Lipinski definition) is 3. The van der Waals surface area contributed by atoms with Gasteiger partial charge in [-0.25, -0.2) is 4.79 Å². The molecule has 2 N–H and O–H groups in total. The summed E-state index contributed by atoms with van der Waals surface area (Å²) >= 11 is 0. The molecule has 1 aliphatic rings. The molecule has 2 aromatic rings. The van der Waals surface area contributed by atoms with Crippen molar-refractivity contribution in [1.82, 2.24) is 5.32 Å². The fraction of sp³-hybridized carbons (Fsp3) is 0.263. The first-order valence-electron chi connectivity index (χ1n) is 8.20. The second-order valence-electron chi connectivity index (χ2n) is 5.89. The van der Waals surface area contributed by atoms with Gasteiger partial charge in [-0.3, -0.25) is 4.79 Å². The monoisotopic (exact) mass is 339 g/mol. The molecule has 0 radical (unpaired) electrons. The zero-order chi connectivity index (χ0) is 17.8. The Morgan fingerprint density at radius 3 is 2.64 bits per heavy atom. The fourth-order valence-corrected chi connectivity index (χ4v) is 2.97. The number of benzene rings is 2. The van der Waals surface area contributed by atoms with E-state index in [1.807, 2.05) is 30.3 Å². The largest absolute Gasteiger partial charge is 0.495 e. The summed E-state index contributed by atoms with van der Waals surface area (Å²) in [7, 11) is 1.54. The van der Waals surface area contributed by atoms with E-state index in [0.29, 0.717) is 18.0 Å². The average Bonchev–Trinajstić information content (AvgIpc) is 3.05. The summed E-state index contributed by atoms with van der Waals surface area (Å²) in [5, 5.41) is 5.40. The molecular formula is C19H21N3O3. The van der Waals surface area contributed by atoms with Gasteiger partial charge >= 0.3 is 6.03 Å². The molecule has 0 aromatic heterocycles. The molecule has 3 rings (SSSR count). The minimum absolute atomic E-state index is 0.125. The summed E-state index contributed by atoms with van der Waals surface area (Å²) in [6.45, 7) is 2.32. The smallest absolute Gasteiger partial charge is 0.319 e. The van der Waals surface area contributed by atoms with E-state index in [1.54, 1.807) is 30.0 Å². The van der Waals surface area contributed by atoms with Crippen molar-refractivity contribution in [3.8, 4) is 5.75 Å². The molecule has 0 bridgehead atoms. The number of rotatable bonds is 4. The van der Waals surface area contributed by atoms with E-state index < -0.39 is 12.1 Å². The van der Waals surface area contributed by atoms with Crippen LogP contribution in [0.5, 0.6) is 5.75 Å². The number of ether oxygens (including phenoxy) is 1. The number of urea groups is 1. The van der Waals surface area contributed by atoms with Crippen LogP contribution in [0.1, 0.15) is 12.5 Å². The van der Waals surface area contributed by atoms with Crippen molar-refractivity contribution < 1.29 is 14.3 Å². The molecule has 0 saturated heterocycles. The maximum Gasteiger partial charge on any atom is 0.319 e. The topological polar surface area (TPSA) is 70.7 Å². The highest BCUT2D eigenvalue weighted by Gasteiger charge is 2.28. The molecule has 0 saturated carbocycles. The first kappa shape index (κ1) is 16.8. The number of fused-ring (bicyclic) bond motifs is 1. The van der Waals surface area contributed by atoms with Crippen LogP contribution in [0.25, 0.3) is 0 Å². The zero-order valence-corrected chi connectivity index (χ0v) is 14.3. The third-order valence-corrected chi connectivity index (χ3v) is 4.23. The van der Waals surface area contributed by atoms with Gasteiger partial charge in [-0.1, -0.05) is 30.3 Å². The average molecular weight is 339 g/mol. The Balaban J connectivity index is 1.63. The maximum atomic E-state index is 12.7. The Labute approximate surface area is 146 Å².